The van der Waals surface area contributed by atoms with Crippen LogP contribution in [0.4, 0.5) is 5.95 Å². The first-order valence-electron chi connectivity index (χ1n) is 7.22. The van der Waals surface area contributed by atoms with Crippen LogP contribution in [0.2, 0.25) is 0 Å². The molecule has 21 heavy (non-hydrogen) atoms. The highest BCUT2D eigenvalue weighted by molar-refractivity contribution is 7.12. The first-order chi connectivity index (χ1) is 10.1. The van der Waals surface area contributed by atoms with Crippen LogP contribution in [-0.2, 0) is 7.05 Å². The number of anilines is 1. The minimum Gasteiger partial charge on any atom is -0.348 e. The molecule has 3 rings (SSSR count). The van der Waals surface area contributed by atoms with Crippen molar-refractivity contribution in [1.29, 1.82) is 0 Å². The zero-order chi connectivity index (χ0) is 14.8. The van der Waals surface area contributed by atoms with Crippen LogP contribution in [0.3, 0.4) is 0 Å². The Morgan fingerprint density at radius 3 is 2.76 bits per heavy atom. The Kier molecular flexibility index (Phi) is 3.96. The molecule has 1 amide bonds. The molecule has 1 fully saturated rings. The van der Waals surface area contributed by atoms with Crippen molar-refractivity contribution in [2.45, 2.75) is 25.8 Å². The van der Waals surface area contributed by atoms with Crippen LogP contribution in [0.25, 0.3) is 0 Å². The Labute approximate surface area is 128 Å². The van der Waals surface area contributed by atoms with Gasteiger partial charge in [0.2, 0.25) is 5.95 Å². The number of piperidine rings is 1. The summed E-state index contributed by atoms with van der Waals surface area (Å²) in [5, 5.41) is 5.16. The number of hydrogen-bond donors (Lipinski definition) is 1. The molecule has 1 aliphatic rings. The molecule has 3 heterocycles. The fourth-order valence-electron chi connectivity index (χ4n) is 2.69. The van der Waals surface area contributed by atoms with Crippen molar-refractivity contribution in [1.82, 2.24) is 14.9 Å². The summed E-state index contributed by atoms with van der Waals surface area (Å²) in [5.41, 5.74) is 1.15. The smallest absolute Gasteiger partial charge is 0.261 e. The van der Waals surface area contributed by atoms with E-state index in [1.807, 2.05) is 42.4 Å². The van der Waals surface area contributed by atoms with Gasteiger partial charge in [-0.3, -0.25) is 4.79 Å². The van der Waals surface area contributed by atoms with Gasteiger partial charge in [-0.15, -0.1) is 11.3 Å². The van der Waals surface area contributed by atoms with Gasteiger partial charge < -0.3 is 14.8 Å². The molecule has 0 aromatic carbocycles. The number of amides is 1. The Bertz CT molecular complexity index is 625. The van der Waals surface area contributed by atoms with Gasteiger partial charge in [0.25, 0.3) is 5.91 Å². The number of thiophene rings is 1. The first-order valence-corrected chi connectivity index (χ1v) is 8.10. The second-order valence-electron chi connectivity index (χ2n) is 5.56. The van der Waals surface area contributed by atoms with Crippen molar-refractivity contribution in [2.24, 2.45) is 7.05 Å². The second kappa shape index (κ2) is 5.89. The van der Waals surface area contributed by atoms with E-state index >= 15 is 0 Å². The molecule has 6 heteroatoms. The Morgan fingerprint density at radius 1 is 1.43 bits per heavy atom. The Hall–Kier alpha value is -1.82. The van der Waals surface area contributed by atoms with E-state index in [2.05, 4.69) is 15.2 Å². The molecule has 0 radical (unpaired) electrons. The van der Waals surface area contributed by atoms with Gasteiger partial charge in [0.1, 0.15) is 0 Å². The number of nitrogens with zero attached hydrogens (tertiary/aromatic N) is 3. The molecule has 0 unspecified atom stereocenters. The highest BCUT2D eigenvalue weighted by atomic mass is 32.1. The van der Waals surface area contributed by atoms with Gasteiger partial charge in [0, 0.05) is 38.6 Å². The monoisotopic (exact) mass is 304 g/mol. The van der Waals surface area contributed by atoms with Gasteiger partial charge in [0.15, 0.2) is 0 Å². The van der Waals surface area contributed by atoms with Crippen molar-refractivity contribution in [3.8, 4) is 0 Å². The molecule has 0 saturated carbocycles. The fourth-order valence-corrected chi connectivity index (χ4v) is 3.49. The summed E-state index contributed by atoms with van der Waals surface area (Å²) in [6.45, 7) is 3.87. The van der Waals surface area contributed by atoms with E-state index in [0.717, 1.165) is 42.3 Å². The number of aryl methyl sites for hydroxylation is 2. The van der Waals surface area contributed by atoms with Gasteiger partial charge in [-0.2, -0.15) is 0 Å². The number of hydrogen-bond acceptors (Lipinski definition) is 4. The number of carbonyl (C=O) groups excluding carboxylic acids is 1. The van der Waals surface area contributed by atoms with Gasteiger partial charge in [0.05, 0.1) is 4.88 Å². The third kappa shape index (κ3) is 3.10. The van der Waals surface area contributed by atoms with Crippen LogP contribution in [0, 0.1) is 6.92 Å². The van der Waals surface area contributed by atoms with Crippen LogP contribution < -0.4 is 10.2 Å². The van der Waals surface area contributed by atoms with Crippen molar-refractivity contribution in [3.05, 3.63) is 34.3 Å². The molecular formula is C15H20N4OS. The molecule has 112 valence electrons. The molecule has 0 bridgehead atoms. The largest absolute Gasteiger partial charge is 0.348 e. The number of nitrogens with one attached hydrogen (secondary N) is 1. The van der Waals surface area contributed by atoms with Gasteiger partial charge in [-0.1, -0.05) is 0 Å². The third-order valence-corrected chi connectivity index (χ3v) is 4.91. The lowest BCUT2D eigenvalue weighted by Crippen LogP contribution is -2.45. The molecule has 1 aliphatic heterocycles. The summed E-state index contributed by atoms with van der Waals surface area (Å²) in [5.74, 6) is 1.07. The van der Waals surface area contributed by atoms with Crippen molar-refractivity contribution in [2.75, 3.05) is 18.0 Å². The van der Waals surface area contributed by atoms with Crippen LogP contribution in [0.5, 0.6) is 0 Å². The molecule has 2 aromatic rings. The second-order valence-corrected chi connectivity index (χ2v) is 6.47. The number of carbonyl (C=O) groups is 1. The molecule has 2 aromatic heterocycles. The van der Waals surface area contributed by atoms with E-state index in [1.54, 1.807) is 0 Å². The lowest BCUT2D eigenvalue weighted by atomic mass is 10.1. The topological polar surface area (TPSA) is 50.2 Å². The van der Waals surface area contributed by atoms with Crippen LogP contribution >= 0.6 is 11.3 Å². The van der Waals surface area contributed by atoms with Gasteiger partial charge in [-0.05, 0) is 36.8 Å². The minimum absolute atomic E-state index is 0.0588. The number of imidazole rings is 1. The lowest BCUT2D eigenvalue weighted by molar-refractivity contribution is 0.0935. The van der Waals surface area contributed by atoms with Crippen LogP contribution in [0.15, 0.2) is 23.8 Å². The SMILES string of the molecule is Cc1csc(C(=O)NC2CCN(c3nccn3C)CC2)c1. The summed E-state index contributed by atoms with van der Waals surface area (Å²) in [7, 11) is 2.01. The summed E-state index contributed by atoms with van der Waals surface area (Å²) < 4.78 is 2.04. The Balaban J connectivity index is 1.54. The van der Waals surface area contributed by atoms with Crippen molar-refractivity contribution >= 4 is 23.2 Å². The number of aromatic nitrogens is 2. The van der Waals surface area contributed by atoms with E-state index in [0.29, 0.717) is 0 Å². The molecule has 1 N–H and O–H groups in total. The van der Waals surface area contributed by atoms with E-state index < -0.39 is 0 Å². The maximum Gasteiger partial charge on any atom is 0.261 e. The standard InChI is InChI=1S/C15H20N4OS/c1-11-9-13(21-10-11)14(20)17-12-3-6-19(7-4-12)15-16-5-8-18(15)2/h5,8-10,12H,3-4,6-7H2,1-2H3,(H,17,20). The zero-order valence-electron chi connectivity index (χ0n) is 12.4. The highest BCUT2D eigenvalue weighted by Crippen LogP contribution is 2.19. The third-order valence-electron chi connectivity index (χ3n) is 3.86. The van der Waals surface area contributed by atoms with Crippen molar-refractivity contribution in [3.63, 3.8) is 0 Å². The van der Waals surface area contributed by atoms with E-state index in [-0.39, 0.29) is 11.9 Å². The molecular weight excluding hydrogens is 284 g/mol. The van der Waals surface area contributed by atoms with E-state index in [1.165, 1.54) is 11.3 Å². The summed E-state index contributed by atoms with van der Waals surface area (Å²) in [6.07, 6.45) is 5.70. The quantitative estimate of drug-likeness (QED) is 0.945. The first kappa shape index (κ1) is 14.1. The minimum atomic E-state index is 0.0588. The van der Waals surface area contributed by atoms with Gasteiger partial charge in [-0.25, -0.2) is 4.98 Å². The molecule has 0 atom stereocenters. The predicted octanol–water partition coefficient (Wildman–Crippen LogP) is 2.19. The maximum atomic E-state index is 12.2. The predicted molar refractivity (Wildman–Crippen MR) is 85.0 cm³/mol. The van der Waals surface area contributed by atoms with Crippen molar-refractivity contribution < 1.29 is 4.79 Å². The van der Waals surface area contributed by atoms with Crippen LogP contribution in [-0.4, -0.2) is 34.6 Å². The van der Waals surface area contributed by atoms with E-state index in [4.69, 9.17) is 0 Å². The lowest BCUT2D eigenvalue weighted by Gasteiger charge is -2.32. The fraction of sp³-hybridized carbons (Fsp3) is 0.467. The summed E-state index contributed by atoms with van der Waals surface area (Å²) in [4.78, 5) is 19.6. The zero-order valence-corrected chi connectivity index (χ0v) is 13.2. The molecule has 0 aliphatic carbocycles. The average molecular weight is 304 g/mol. The Morgan fingerprint density at radius 2 is 2.19 bits per heavy atom. The number of rotatable bonds is 3. The summed E-state index contributed by atoms with van der Waals surface area (Å²) in [6, 6.07) is 2.21. The summed E-state index contributed by atoms with van der Waals surface area (Å²) >= 11 is 1.51. The van der Waals surface area contributed by atoms with E-state index in [9.17, 15) is 4.79 Å². The average Bonchev–Trinajstić information content (AvgIpc) is 3.08. The molecule has 1 saturated heterocycles. The molecule has 0 spiro atoms. The maximum absolute atomic E-state index is 12.2. The van der Waals surface area contributed by atoms with Gasteiger partial charge >= 0.3 is 0 Å². The van der Waals surface area contributed by atoms with Crippen LogP contribution in [0.1, 0.15) is 28.1 Å². The normalized spacial score (nSPS) is 16.2. The molecule has 5 nitrogen and oxygen atoms in total. The highest BCUT2D eigenvalue weighted by Gasteiger charge is 2.23.